The number of carbonyl (C=O) groups is 1. The van der Waals surface area contributed by atoms with Gasteiger partial charge in [-0.25, -0.2) is 0 Å². The molecular weight excluding hydrogens is 368 g/mol. The van der Waals surface area contributed by atoms with Gasteiger partial charge in [0.1, 0.15) is 6.10 Å². The zero-order chi connectivity index (χ0) is 22.1. The van der Waals surface area contributed by atoms with Gasteiger partial charge >= 0.3 is 5.97 Å². The number of carbonyl (C=O) groups excluding carboxylic acids is 1. The van der Waals surface area contributed by atoms with Gasteiger partial charge in [-0.1, -0.05) is 136 Å². The smallest absolute Gasteiger partial charge is 0.302 e. The molecule has 0 heterocycles. The first-order valence-electron chi connectivity index (χ1n) is 13.9. The van der Waals surface area contributed by atoms with E-state index in [0.717, 1.165) is 12.8 Å². The first-order chi connectivity index (χ1) is 14.7. The number of rotatable bonds is 24. The number of ether oxygens (including phenoxy) is 1. The normalized spacial score (nSPS) is 12.2. The fraction of sp³-hybridized carbons (Fsp3) is 0.964. The van der Waals surface area contributed by atoms with Crippen molar-refractivity contribution in [1.82, 2.24) is 0 Å². The van der Waals surface area contributed by atoms with E-state index in [0.29, 0.717) is 0 Å². The van der Waals surface area contributed by atoms with Crippen LogP contribution in [0, 0.1) is 0 Å². The van der Waals surface area contributed by atoms with Gasteiger partial charge in [0.05, 0.1) is 0 Å². The zero-order valence-corrected chi connectivity index (χ0v) is 21.2. The van der Waals surface area contributed by atoms with Crippen molar-refractivity contribution < 1.29 is 9.53 Å². The average Bonchev–Trinajstić information content (AvgIpc) is 2.72. The van der Waals surface area contributed by atoms with Crippen molar-refractivity contribution in [2.75, 3.05) is 0 Å². The van der Waals surface area contributed by atoms with E-state index >= 15 is 0 Å². The number of unbranched alkanes of at least 4 members (excludes halogenated alkanes) is 19. The summed E-state index contributed by atoms with van der Waals surface area (Å²) in [6.07, 6.45) is 31.1. The molecule has 180 valence electrons. The third-order valence-corrected chi connectivity index (χ3v) is 6.34. The summed E-state index contributed by atoms with van der Waals surface area (Å²) >= 11 is 0. The van der Waals surface area contributed by atoms with Gasteiger partial charge in [-0.05, 0) is 25.7 Å². The van der Waals surface area contributed by atoms with Crippen molar-refractivity contribution in [2.24, 2.45) is 0 Å². The Hall–Kier alpha value is -0.530. The van der Waals surface area contributed by atoms with Crippen LogP contribution in [0.1, 0.15) is 168 Å². The second kappa shape index (κ2) is 24.7. The number of hydrogen-bond acceptors (Lipinski definition) is 2. The number of esters is 1. The Kier molecular flexibility index (Phi) is 24.3. The summed E-state index contributed by atoms with van der Waals surface area (Å²) in [6, 6.07) is 0. The molecule has 0 saturated carbocycles. The molecule has 0 N–H and O–H groups in total. The molecule has 2 heteroatoms. The summed E-state index contributed by atoms with van der Waals surface area (Å²) in [5, 5.41) is 0. The molecule has 0 aliphatic rings. The van der Waals surface area contributed by atoms with Gasteiger partial charge in [-0.2, -0.15) is 0 Å². The highest BCUT2D eigenvalue weighted by Crippen LogP contribution is 2.17. The molecule has 0 aromatic carbocycles. The topological polar surface area (TPSA) is 26.3 Å². The minimum atomic E-state index is -0.106. The van der Waals surface area contributed by atoms with Crippen molar-refractivity contribution >= 4 is 5.97 Å². The van der Waals surface area contributed by atoms with Gasteiger partial charge in [0.2, 0.25) is 0 Å². The standard InChI is InChI=1S/C28H56O2/c1-4-6-8-10-11-12-13-14-15-16-17-18-19-20-22-24-26-28(30-27(3)29)25-23-21-9-7-5-2/h28H,4-26H2,1-3H3. The second-order valence-corrected chi connectivity index (χ2v) is 9.53. The van der Waals surface area contributed by atoms with Gasteiger partial charge in [0.15, 0.2) is 0 Å². The van der Waals surface area contributed by atoms with E-state index < -0.39 is 0 Å². The van der Waals surface area contributed by atoms with E-state index in [1.807, 2.05) is 0 Å². The van der Waals surface area contributed by atoms with E-state index in [4.69, 9.17) is 4.74 Å². The summed E-state index contributed by atoms with van der Waals surface area (Å²) in [7, 11) is 0. The van der Waals surface area contributed by atoms with Crippen LogP contribution in [0.2, 0.25) is 0 Å². The molecule has 0 aliphatic carbocycles. The third kappa shape index (κ3) is 23.7. The zero-order valence-electron chi connectivity index (χ0n) is 21.2. The Balaban J connectivity index is 3.40. The highest BCUT2D eigenvalue weighted by molar-refractivity contribution is 5.66. The predicted molar refractivity (Wildman–Crippen MR) is 133 cm³/mol. The van der Waals surface area contributed by atoms with Crippen LogP contribution in [0.15, 0.2) is 0 Å². The predicted octanol–water partition coefficient (Wildman–Crippen LogP) is 9.93. The Bertz CT molecular complexity index is 340. The Morgan fingerprint density at radius 1 is 0.500 bits per heavy atom. The van der Waals surface area contributed by atoms with Crippen LogP contribution < -0.4 is 0 Å². The minimum absolute atomic E-state index is 0.106. The van der Waals surface area contributed by atoms with E-state index in [1.165, 1.54) is 135 Å². The van der Waals surface area contributed by atoms with Crippen LogP contribution in [0.25, 0.3) is 0 Å². The summed E-state index contributed by atoms with van der Waals surface area (Å²) in [4.78, 5) is 11.3. The van der Waals surface area contributed by atoms with Gasteiger partial charge in [0, 0.05) is 6.92 Å². The molecule has 1 unspecified atom stereocenters. The Labute approximate surface area is 190 Å². The molecule has 0 aromatic heterocycles. The molecule has 0 saturated heterocycles. The van der Waals surface area contributed by atoms with E-state index in [9.17, 15) is 4.79 Å². The molecule has 0 aliphatic heterocycles. The summed E-state index contributed by atoms with van der Waals surface area (Å²) in [5.41, 5.74) is 0. The quantitative estimate of drug-likeness (QED) is 0.114. The molecule has 0 spiro atoms. The summed E-state index contributed by atoms with van der Waals surface area (Å²) in [5.74, 6) is -0.106. The molecule has 1 atom stereocenters. The van der Waals surface area contributed by atoms with Crippen LogP contribution in [-0.4, -0.2) is 12.1 Å². The van der Waals surface area contributed by atoms with E-state index in [2.05, 4.69) is 13.8 Å². The molecule has 0 fully saturated rings. The SMILES string of the molecule is CCCCCCCCCCCCCCCCCCC(CCCCCCC)OC(C)=O. The largest absolute Gasteiger partial charge is 0.463 e. The van der Waals surface area contributed by atoms with E-state index in [-0.39, 0.29) is 12.1 Å². The highest BCUT2D eigenvalue weighted by Gasteiger charge is 2.11. The number of hydrogen-bond donors (Lipinski definition) is 0. The van der Waals surface area contributed by atoms with Crippen LogP contribution >= 0.6 is 0 Å². The van der Waals surface area contributed by atoms with Crippen LogP contribution in [0.3, 0.4) is 0 Å². The highest BCUT2D eigenvalue weighted by atomic mass is 16.5. The molecule has 0 amide bonds. The fourth-order valence-corrected chi connectivity index (χ4v) is 4.39. The Morgan fingerprint density at radius 3 is 1.03 bits per heavy atom. The third-order valence-electron chi connectivity index (χ3n) is 6.34. The van der Waals surface area contributed by atoms with Crippen molar-refractivity contribution in [3.63, 3.8) is 0 Å². The van der Waals surface area contributed by atoms with Gasteiger partial charge in [-0.3, -0.25) is 4.79 Å². The molecule has 30 heavy (non-hydrogen) atoms. The second-order valence-electron chi connectivity index (χ2n) is 9.53. The lowest BCUT2D eigenvalue weighted by Gasteiger charge is -2.17. The molecule has 0 radical (unpaired) electrons. The van der Waals surface area contributed by atoms with E-state index in [1.54, 1.807) is 6.92 Å². The lowest BCUT2D eigenvalue weighted by Crippen LogP contribution is -2.16. The Morgan fingerprint density at radius 2 is 0.767 bits per heavy atom. The van der Waals surface area contributed by atoms with Crippen molar-refractivity contribution in [1.29, 1.82) is 0 Å². The minimum Gasteiger partial charge on any atom is -0.463 e. The summed E-state index contributed by atoms with van der Waals surface area (Å²) < 4.78 is 5.54. The molecule has 2 nitrogen and oxygen atoms in total. The lowest BCUT2D eigenvalue weighted by atomic mass is 10.0. The molecule has 0 rings (SSSR count). The van der Waals surface area contributed by atoms with Crippen molar-refractivity contribution in [3.8, 4) is 0 Å². The van der Waals surface area contributed by atoms with Gasteiger partial charge < -0.3 is 4.74 Å². The van der Waals surface area contributed by atoms with Crippen LogP contribution in [0.5, 0.6) is 0 Å². The first-order valence-corrected chi connectivity index (χ1v) is 13.9. The molecular formula is C28H56O2. The van der Waals surface area contributed by atoms with Crippen molar-refractivity contribution in [3.05, 3.63) is 0 Å². The molecule has 0 aromatic rings. The maximum absolute atomic E-state index is 11.3. The maximum Gasteiger partial charge on any atom is 0.302 e. The van der Waals surface area contributed by atoms with Gasteiger partial charge in [-0.15, -0.1) is 0 Å². The lowest BCUT2D eigenvalue weighted by molar-refractivity contribution is -0.147. The summed E-state index contributed by atoms with van der Waals surface area (Å²) in [6.45, 7) is 6.09. The first kappa shape index (κ1) is 29.5. The van der Waals surface area contributed by atoms with Crippen LogP contribution in [0.4, 0.5) is 0 Å². The monoisotopic (exact) mass is 424 g/mol. The van der Waals surface area contributed by atoms with Crippen molar-refractivity contribution in [2.45, 2.75) is 175 Å². The fourth-order valence-electron chi connectivity index (χ4n) is 4.39. The average molecular weight is 425 g/mol. The molecule has 0 bridgehead atoms. The van der Waals surface area contributed by atoms with Crippen LogP contribution in [-0.2, 0) is 9.53 Å². The van der Waals surface area contributed by atoms with Gasteiger partial charge in [0.25, 0.3) is 0 Å². The maximum atomic E-state index is 11.3.